The van der Waals surface area contributed by atoms with Gasteiger partial charge in [-0.25, -0.2) is 9.78 Å². The van der Waals surface area contributed by atoms with E-state index in [4.69, 9.17) is 5.11 Å². The summed E-state index contributed by atoms with van der Waals surface area (Å²) >= 11 is 1.07. The van der Waals surface area contributed by atoms with E-state index in [0.29, 0.717) is 4.88 Å². The van der Waals surface area contributed by atoms with E-state index in [1.165, 1.54) is 11.9 Å². The summed E-state index contributed by atoms with van der Waals surface area (Å²) in [7, 11) is 1.45. The first kappa shape index (κ1) is 13.8. The summed E-state index contributed by atoms with van der Waals surface area (Å²) in [5.41, 5.74) is -0.108. The highest BCUT2D eigenvalue weighted by Crippen LogP contribution is 2.26. The predicted octanol–water partition coefficient (Wildman–Crippen LogP) is 2.54. The Morgan fingerprint density at radius 3 is 2.53 bits per heavy atom. The predicted molar refractivity (Wildman–Crippen MR) is 57.8 cm³/mol. The van der Waals surface area contributed by atoms with E-state index in [1.807, 2.05) is 0 Å². The van der Waals surface area contributed by atoms with Crippen LogP contribution in [0.1, 0.15) is 21.8 Å². The third-order valence-electron chi connectivity index (χ3n) is 2.05. The van der Waals surface area contributed by atoms with Gasteiger partial charge in [0.05, 0.1) is 6.42 Å². The van der Waals surface area contributed by atoms with Gasteiger partial charge in [0, 0.05) is 18.5 Å². The summed E-state index contributed by atoms with van der Waals surface area (Å²) in [4.78, 5) is 16.3. The first-order chi connectivity index (χ1) is 7.70. The molecule has 0 aromatic carbocycles. The monoisotopic (exact) mass is 268 g/mol. The Labute approximate surface area is 99.7 Å². The van der Waals surface area contributed by atoms with Crippen LogP contribution in [0.2, 0.25) is 0 Å². The number of carbonyl (C=O) groups is 1. The van der Waals surface area contributed by atoms with Gasteiger partial charge in [-0.1, -0.05) is 0 Å². The van der Waals surface area contributed by atoms with Crippen LogP contribution in [0.4, 0.5) is 18.3 Å². The number of hydrogen-bond donors (Lipinski definition) is 1. The number of thiazole rings is 1. The van der Waals surface area contributed by atoms with Crippen molar-refractivity contribution < 1.29 is 23.1 Å². The molecule has 0 spiro atoms. The van der Waals surface area contributed by atoms with Crippen LogP contribution in [0.15, 0.2) is 0 Å². The molecule has 1 heterocycles. The molecule has 4 nitrogen and oxygen atoms in total. The van der Waals surface area contributed by atoms with Crippen LogP contribution in [0, 0.1) is 6.92 Å². The molecule has 0 radical (unpaired) electrons. The molecule has 1 aromatic rings. The molecule has 0 atom stereocenters. The fraction of sp³-hybridized carbons (Fsp3) is 0.556. The lowest BCUT2D eigenvalue weighted by molar-refractivity contribution is -0.132. The number of aryl methyl sites for hydroxylation is 1. The number of anilines is 1. The Morgan fingerprint density at radius 2 is 2.12 bits per heavy atom. The molecule has 0 aliphatic heterocycles. The van der Waals surface area contributed by atoms with E-state index in [9.17, 15) is 18.0 Å². The van der Waals surface area contributed by atoms with Crippen LogP contribution < -0.4 is 4.90 Å². The maximum atomic E-state index is 12.0. The molecule has 0 fully saturated rings. The number of halogens is 3. The summed E-state index contributed by atoms with van der Waals surface area (Å²) in [6.45, 7) is 1.33. The molecular weight excluding hydrogens is 257 g/mol. The zero-order valence-electron chi connectivity index (χ0n) is 9.21. The van der Waals surface area contributed by atoms with E-state index in [1.54, 1.807) is 6.92 Å². The Hall–Kier alpha value is -1.31. The molecule has 0 aliphatic rings. The van der Waals surface area contributed by atoms with E-state index in [2.05, 4.69) is 4.98 Å². The number of aromatic nitrogens is 1. The summed E-state index contributed by atoms with van der Waals surface area (Å²) in [6.07, 6.45) is -5.18. The van der Waals surface area contributed by atoms with Crippen molar-refractivity contribution in [3.63, 3.8) is 0 Å². The van der Waals surface area contributed by atoms with Crippen LogP contribution in [-0.4, -0.2) is 35.8 Å². The second-order valence-electron chi connectivity index (χ2n) is 3.49. The van der Waals surface area contributed by atoms with Crippen molar-refractivity contribution in [3.8, 4) is 0 Å². The highest BCUT2D eigenvalue weighted by molar-refractivity contribution is 7.15. The summed E-state index contributed by atoms with van der Waals surface area (Å²) < 4.78 is 36.0. The molecule has 1 rings (SSSR count). The van der Waals surface area contributed by atoms with Gasteiger partial charge in [-0.05, 0) is 6.92 Å². The minimum absolute atomic E-state index is 0.108. The molecule has 0 bridgehead atoms. The summed E-state index contributed by atoms with van der Waals surface area (Å²) in [5.74, 6) is -1.17. The molecule has 96 valence electrons. The molecule has 17 heavy (non-hydrogen) atoms. The van der Waals surface area contributed by atoms with Gasteiger partial charge >= 0.3 is 12.1 Å². The van der Waals surface area contributed by atoms with Gasteiger partial charge in [-0.3, -0.25) is 0 Å². The smallest absolute Gasteiger partial charge is 0.390 e. The average molecular weight is 268 g/mol. The van der Waals surface area contributed by atoms with Gasteiger partial charge in [-0.2, -0.15) is 13.2 Å². The lowest BCUT2D eigenvalue weighted by atomic mass is 10.4. The Balaban J connectivity index is 2.73. The van der Waals surface area contributed by atoms with Gasteiger partial charge in [0.25, 0.3) is 0 Å². The number of carboxylic acid groups (broad SMARTS) is 1. The molecular formula is C9H11F3N2O2S. The molecule has 0 aliphatic carbocycles. The fourth-order valence-electron chi connectivity index (χ4n) is 1.13. The van der Waals surface area contributed by atoms with Crippen LogP contribution >= 0.6 is 11.3 Å². The van der Waals surface area contributed by atoms with Gasteiger partial charge in [0.2, 0.25) is 0 Å². The Bertz CT molecular complexity index is 417. The highest BCUT2D eigenvalue weighted by atomic mass is 32.1. The topological polar surface area (TPSA) is 53.4 Å². The summed E-state index contributed by atoms with van der Waals surface area (Å²) in [5, 5.41) is 9.05. The first-order valence-electron chi connectivity index (χ1n) is 4.69. The van der Waals surface area contributed by atoms with E-state index >= 15 is 0 Å². The van der Waals surface area contributed by atoms with Crippen LogP contribution in [0.25, 0.3) is 0 Å². The van der Waals surface area contributed by atoms with Crippen LogP contribution in [0.3, 0.4) is 0 Å². The first-order valence-corrected chi connectivity index (χ1v) is 5.51. The van der Waals surface area contributed by atoms with Gasteiger partial charge in [0.1, 0.15) is 0 Å². The second-order valence-corrected chi connectivity index (χ2v) is 4.67. The third-order valence-corrected chi connectivity index (χ3v) is 3.13. The van der Waals surface area contributed by atoms with Gasteiger partial charge < -0.3 is 10.0 Å². The third kappa shape index (κ3) is 3.88. The van der Waals surface area contributed by atoms with Crippen molar-refractivity contribution in [1.82, 2.24) is 4.98 Å². The quantitative estimate of drug-likeness (QED) is 0.911. The van der Waals surface area contributed by atoms with Crippen molar-refractivity contribution in [1.29, 1.82) is 0 Å². The van der Waals surface area contributed by atoms with Crippen molar-refractivity contribution in [3.05, 3.63) is 10.6 Å². The van der Waals surface area contributed by atoms with E-state index in [0.717, 1.165) is 11.3 Å². The number of aromatic carboxylic acids is 1. The average Bonchev–Trinajstić information content (AvgIpc) is 2.55. The van der Waals surface area contributed by atoms with E-state index < -0.39 is 18.6 Å². The fourth-order valence-corrected chi connectivity index (χ4v) is 2.02. The maximum absolute atomic E-state index is 12.0. The Morgan fingerprint density at radius 1 is 1.53 bits per heavy atom. The van der Waals surface area contributed by atoms with Crippen molar-refractivity contribution in [2.75, 3.05) is 18.5 Å². The molecule has 0 unspecified atom stereocenters. The second kappa shape index (κ2) is 4.91. The number of alkyl halides is 3. The summed E-state index contributed by atoms with van der Waals surface area (Å²) in [6, 6.07) is 0. The SMILES string of the molecule is Cc1sc(N(C)CCC(F)(F)F)nc1C(=O)O. The van der Waals surface area contributed by atoms with Gasteiger partial charge in [-0.15, -0.1) is 11.3 Å². The molecule has 0 saturated carbocycles. The zero-order valence-corrected chi connectivity index (χ0v) is 10.0. The lowest BCUT2D eigenvalue weighted by Gasteiger charge is -2.16. The standard InChI is InChI=1S/C9H11F3N2O2S/c1-5-6(7(15)16)13-8(17-5)14(2)4-3-9(10,11)12/h3-4H2,1-2H3,(H,15,16). The number of carboxylic acids is 1. The molecule has 1 aromatic heterocycles. The van der Waals surface area contributed by atoms with Crippen molar-refractivity contribution in [2.45, 2.75) is 19.5 Å². The van der Waals surface area contributed by atoms with Crippen LogP contribution in [0.5, 0.6) is 0 Å². The molecule has 8 heteroatoms. The van der Waals surface area contributed by atoms with E-state index in [-0.39, 0.29) is 17.4 Å². The molecule has 1 N–H and O–H groups in total. The minimum Gasteiger partial charge on any atom is -0.476 e. The zero-order chi connectivity index (χ0) is 13.2. The van der Waals surface area contributed by atoms with Crippen molar-refractivity contribution in [2.24, 2.45) is 0 Å². The van der Waals surface area contributed by atoms with Crippen molar-refractivity contribution >= 4 is 22.4 Å². The number of rotatable bonds is 4. The van der Waals surface area contributed by atoms with Crippen LogP contribution in [-0.2, 0) is 0 Å². The lowest BCUT2D eigenvalue weighted by Crippen LogP contribution is -2.24. The Kier molecular flexibility index (Phi) is 3.97. The number of hydrogen-bond acceptors (Lipinski definition) is 4. The largest absolute Gasteiger partial charge is 0.476 e. The normalized spacial score (nSPS) is 11.6. The number of nitrogens with zero attached hydrogens (tertiary/aromatic N) is 2. The maximum Gasteiger partial charge on any atom is 0.390 e. The molecule has 0 amide bonds. The minimum atomic E-state index is -4.23. The molecule has 0 saturated heterocycles. The highest BCUT2D eigenvalue weighted by Gasteiger charge is 2.28. The van der Waals surface area contributed by atoms with Gasteiger partial charge in [0.15, 0.2) is 10.8 Å².